The van der Waals surface area contributed by atoms with Gasteiger partial charge < -0.3 is 15.2 Å². The summed E-state index contributed by atoms with van der Waals surface area (Å²) in [5.74, 6) is 0.952. The van der Waals surface area contributed by atoms with Crippen LogP contribution in [-0.4, -0.2) is 39.1 Å². The minimum Gasteiger partial charge on any atom is -0.332 e. The minimum atomic E-state index is -0.545. The first-order chi connectivity index (χ1) is 10.8. The molecule has 1 atom stereocenters. The van der Waals surface area contributed by atoms with E-state index >= 15 is 0 Å². The third-order valence-corrected chi connectivity index (χ3v) is 3.26. The number of carbonyl (C=O) groups excluding carboxylic acids is 1. The maximum atomic E-state index is 12.2. The molecule has 0 aliphatic rings. The summed E-state index contributed by atoms with van der Waals surface area (Å²) in [4.78, 5) is 24.8. The van der Waals surface area contributed by atoms with E-state index in [2.05, 4.69) is 30.7 Å². The van der Waals surface area contributed by atoms with Crippen molar-refractivity contribution in [3.05, 3.63) is 18.2 Å². The van der Waals surface area contributed by atoms with Crippen molar-refractivity contribution in [2.75, 3.05) is 12.4 Å². The Morgan fingerprint density at radius 3 is 2.58 bits per heavy atom. The van der Waals surface area contributed by atoms with E-state index in [-0.39, 0.29) is 30.2 Å². The summed E-state index contributed by atoms with van der Waals surface area (Å²) >= 11 is 0. The normalized spacial score (nSPS) is 12.4. The van der Waals surface area contributed by atoms with Gasteiger partial charge in [-0.05, 0) is 14.0 Å². The Labute approximate surface area is 147 Å². The predicted octanol–water partition coefficient (Wildman–Crippen LogP) is 2.08. The Balaban J connectivity index is 0.00000288. The number of nitrogens with zero attached hydrogens (tertiary/aromatic N) is 4. The topological polar surface area (TPSA) is 106 Å². The van der Waals surface area contributed by atoms with E-state index in [0.717, 1.165) is 0 Å². The van der Waals surface area contributed by atoms with Gasteiger partial charge in [-0.25, -0.2) is 9.97 Å². The van der Waals surface area contributed by atoms with Crippen molar-refractivity contribution >= 4 is 24.1 Å². The molecule has 0 spiro atoms. The Bertz CT molecular complexity index is 683. The van der Waals surface area contributed by atoms with Crippen molar-refractivity contribution in [3.63, 3.8) is 0 Å². The van der Waals surface area contributed by atoms with Gasteiger partial charge in [0.1, 0.15) is 0 Å². The average molecular weight is 355 g/mol. The van der Waals surface area contributed by atoms with Gasteiger partial charge in [0.05, 0.1) is 0 Å². The molecule has 0 saturated carbocycles. The number of carbonyl (C=O) groups is 1. The van der Waals surface area contributed by atoms with Gasteiger partial charge in [0.2, 0.25) is 5.91 Å². The smallest absolute Gasteiger partial charge is 0.280 e. The van der Waals surface area contributed by atoms with Gasteiger partial charge in [0.25, 0.3) is 5.89 Å². The Hall–Kier alpha value is -2.06. The van der Waals surface area contributed by atoms with Crippen LogP contribution in [0.2, 0.25) is 0 Å². The number of amides is 1. The molecule has 132 valence electrons. The predicted molar refractivity (Wildman–Crippen MR) is 92.9 cm³/mol. The second kappa shape index (κ2) is 8.16. The second-order valence-electron chi connectivity index (χ2n) is 6.37. The number of halogens is 1. The monoisotopic (exact) mass is 354 g/mol. The fraction of sp³-hybridized carbons (Fsp3) is 0.533. The molecule has 0 aliphatic carbocycles. The molecule has 9 heteroatoms. The summed E-state index contributed by atoms with van der Waals surface area (Å²) in [6, 6.07) is 0.224. The van der Waals surface area contributed by atoms with Crippen molar-refractivity contribution in [3.8, 4) is 11.6 Å². The summed E-state index contributed by atoms with van der Waals surface area (Å²) in [6.07, 6.45) is 3.65. The van der Waals surface area contributed by atoms with Crippen molar-refractivity contribution in [2.45, 2.75) is 40.2 Å². The molecule has 2 N–H and O–H groups in total. The summed E-state index contributed by atoms with van der Waals surface area (Å²) in [5.41, 5.74) is -0.183. The van der Waals surface area contributed by atoms with Crippen LogP contribution >= 0.6 is 12.4 Å². The number of likely N-dealkylation sites (N-methyl/N-ethyl adjacent to an activating group) is 1. The zero-order valence-electron chi connectivity index (χ0n) is 14.5. The van der Waals surface area contributed by atoms with Crippen LogP contribution in [0, 0.1) is 5.41 Å². The fourth-order valence-electron chi connectivity index (χ4n) is 1.69. The lowest BCUT2D eigenvalue weighted by atomic mass is 9.96. The van der Waals surface area contributed by atoms with E-state index in [1.165, 1.54) is 12.4 Å². The third-order valence-electron chi connectivity index (χ3n) is 3.26. The zero-order chi connectivity index (χ0) is 17.0. The summed E-state index contributed by atoms with van der Waals surface area (Å²) in [6.45, 7) is 7.49. The van der Waals surface area contributed by atoms with Gasteiger partial charge in [0.15, 0.2) is 17.3 Å². The number of aromatic nitrogens is 4. The molecule has 2 aromatic rings. The van der Waals surface area contributed by atoms with Gasteiger partial charge in [-0.3, -0.25) is 4.79 Å². The van der Waals surface area contributed by atoms with Gasteiger partial charge in [0, 0.05) is 30.3 Å². The molecule has 24 heavy (non-hydrogen) atoms. The van der Waals surface area contributed by atoms with Crippen LogP contribution in [-0.2, 0) is 11.2 Å². The van der Waals surface area contributed by atoms with Crippen LogP contribution in [0.4, 0.5) is 5.82 Å². The third kappa shape index (κ3) is 4.97. The molecule has 1 amide bonds. The van der Waals surface area contributed by atoms with E-state index < -0.39 is 5.41 Å². The Morgan fingerprint density at radius 2 is 1.96 bits per heavy atom. The largest absolute Gasteiger partial charge is 0.332 e. The molecule has 0 radical (unpaired) electrons. The van der Waals surface area contributed by atoms with Crippen molar-refractivity contribution in [1.29, 1.82) is 0 Å². The molecule has 0 fully saturated rings. The summed E-state index contributed by atoms with van der Waals surface area (Å²) in [5, 5.41) is 9.81. The van der Waals surface area contributed by atoms with Crippen molar-refractivity contribution in [1.82, 2.24) is 25.4 Å². The van der Waals surface area contributed by atoms with Gasteiger partial charge in [-0.2, -0.15) is 4.98 Å². The van der Waals surface area contributed by atoms with E-state index in [4.69, 9.17) is 4.52 Å². The quantitative estimate of drug-likeness (QED) is 0.846. The van der Waals surface area contributed by atoms with Gasteiger partial charge in [-0.15, -0.1) is 12.4 Å². The SMILES string of the molecule is CNC(C)Cc1noc(-c2nccnc2NC(=O)C(C)(C)C)n1.Cl. The first kappa shape index (κ1) is 20.0. The molecule has 0 aliphatic heterocycles. The average Bonchev–Trinajstić information content (AvgIpc) is 2.95. The minimum absolute atomic E-state index is 0. The fourth-order valence-corrected chi connectivity index (χ4v) is 1.69. The molecule has 0 aromatic carbocycles. The molecule has 2 heterocycles. The zero-order valence-corrected chi connectivity index (χ0v) is 15.3. The maximum Gasteiger partial charge on any atom is 0.280 e. The molecule has 0 bridgehead atoms. The van der Waals surface area contributed by atoms with Crippen LogP contribution in [0.1, 0.15) is 33.5 Å². The maximum absolute atomic E-state index is 12.2. The lowest BCUT2D eigenvalue weighted by Gasteiger charge is -2.17. The van der Waals surface area contributed by atoms with Crippen molar-refractivity contribution < 1.29 is 9.32 Å². The highest BCUT2D eigenvalue weighted by molar-refractivity contribution is 5.95. The first-order valence-corrected chi connectivity index (χ1v) is 7.44. The molecule has 8 nitrogen and oxygen atoms in total. The highest BCUT2D eigenvalue weighted by Gasteiger charge is 2.24. The molecule has 0 saturated heterocycles. The molecule has 2 aromatic heterocycles. The highest BCUT2D eigenvalue weighted by Crippen LogP contribution is 2.24. The van der Waals surface area contributed by atoms with E-state index in [1.807, 2.05) is 34.7 Å². The Morgan fingerprint density at radius 1 is 1.29 bits per heavy atom. The molecule has 2 rings (SSSR count). The van der Waals surface area contributed by atoms with E-state index in [1.54, 1.807) is 0 Å². The van der Waals surface area contributed by atoms with Crippen LogP contribution in [0.3, 0.4) is 0 Å². The summed E-state index contributed by atoms with van der Waals surface area (Å²) in [7, 11) is 1.87. The molecular weight excluding hydrogens is 332 g/mol. The van der Waals surface area contributed by atoms with Crippen LogP contribution in [0.25, 0.3) is 11.6 Å². The second-order valence-corrected chi connectivity index (χ2v) is 6.37. The molecular formula is C15H23ClN6O2. The number of rotatable bonds is 5. The number of hydrogen-bond donors (Lipinski definition) is 2. The first-order valence-electron chi connectivity index (χ1n) is 7.44. The van der Waals surface area contributed by atoms with Crippen molar-refractivity contribution in [2.24, 2.45) is 5.41 Å². The van der Waals surface area contributed by atoms with Gasteiger partial charge in [-0.1, -0.05) is 25.9 Å². The number of hydrogen-bond acceptors (Lipinski definition) is 7. The lowest BCUT2D eigenvalue weighted by Crippen LogP contribution is -2.28. The van der Waals surface area contributed by atoms with Crippen LogP contribution in [0.5, 0.6) is 0 Å². The standard InChI is InChI=1S/C15H22N6O2.ClH/c1-9(16-5)8-10-19-13(23-21-10)11-12(18-7-6-17-11)20-14(22)15(2,3)4;/h6-7,9,16H,8H2,1-5H3,(H,18,20,22);1H. The van der Waals surface area contributed by atoms with Crippen LogP contribution < -0.4 is 10.6 Å². The van der Waals surface area contributed by atoms with E-state index in [9.17, 15) is 4.79 Å². The highest BCUT2D eigenvalue weighted by atomic mass is 35.5. The lowest BCUT2D eigenvalue weighted by molar-refractivity contribution is -0.123. The number of nitrogens with one attached hydrogen (secondary N) is 2. The van der Waals surface area contributed by atoms with Gasteiger partial charge >= 0.3 is 0 Å². The number of anilines is 1. The Kier molecular flexibility index (Phi) is 6.80. The summed E-state index contributed by atoms with van der Waals surface area (Å²) < 4.78 is 5.26. The van der Waals surface area contributed by atoms with Crippen LogP contribution in [0.15, 0.2) is 16.9 Å². The van der Waals surface area contributed by atoms with E-state index in [0.29, 0.717) is 23.8 Å². The molecule has 1 unspecified atom stereocenters.